The average Bonchev–Trinajstić information content (AvgIpc) is 3.60. The lowest BCUT2D eigenvalue weighted by molar-refractivity contribution is -0.659. The predicted molar refractivity (Wildman–Crippen MR) is 174 cm³/mol. The number of anilines is 1. The van der Waals surface area contributed by atoms with E-state index in [0.717, 1.165) is 42.0 Å². The van der Waals surface area contributed by atoms with Gasteiger partial charge in [-0.05, 0) is 54.1 Å². The Labute approximate surface area is 271 Å². The van der Waals surface area contributed by atoms with Crippen LogP contribution in [-0.4, -0.2) is 27.9 Å². The first kappa shape index (κ1) is 29.3. The summed E-state index contributed by atoms with van der Waals surface area (Å²) in [5.74, 6) is -2.64. The average molecular weight is 645 g/mol. The smallest absolute Gasteiger partial charge is 0.335 e. The molecule has 0 fully saturated rings. The molecule has 1 aromatic heterocycles. The second-order valence-corrected chi connectivity index (χ2v) is 12.9. The number of hydrogen-bond donors (Lipinski definition) is 2. The normalized spacial score (nSPS) is 15.9. The topological polar surface area (TPSA) is 122 Å². The Morgan fingerprint density at radius 1 is 0.804 bits per heavy atom. The number of para-hydroxylation sites is 2. The zero-order valence-electron chi connectivity index (χ0n) is 24.0. The summed E-state index contributed by atoms with van der Waals surface area (Å²) in [4.78, 5) is 39.1. The molecular formula is C36H24N2O6S2. The molecule has 5 aromatic rings. The van der Waals surface area contributed by atoms with Gasteiger partial charge in [0.05, 0.1) is 21.8 Å². The van der Waals surface area contributed by atoms with Gasteiger partial charge < -0.3 is 20.2 Å². The van der Waals surface area contributed by atoms with Crippen molar-refractivity contribution in [3.05, 3.63) is 152 Å². The van der Waals surface area contributed by atoms with Crippen LogP contribution in [0.5, 0.6) is 0 Å². The molecular weight excluding hydrogens is 621 g/mol. The summed E-state index contributed by atoms with van der Waals surface area (Å²) in [5.41, 5.74) is 4.29. The minimum atomic E-state index is -0.993. The number of benzene rings is 4. The Balaban J connectivity index is 1.21. The van der Waals surface area contributed by atoms with E-state index in [1.165, 1.54) is 23.1 Å². The summed E-state index contributed by atoms with van der Waals surface area (Å²) < 4.78 is 3.02. The number of Topliss-reactive ketones (excluding diaryl/α,β-unsaturated/α-hetero) is 1. The van der Waals surface area contributed by atoms with Gasteiger partial charge in [0, 0.05) is 40.3 Å². The number of thiazole rings is 1. The molecule has 8 nitrogen and oxygen atoms in total. The lowest BCUT2D eigenvalue weighted by Crippen LogP contribution is -2.36. The first-order valence-corrected chi connectivity index (χ1v) is 15.9. The lowest BCUT2D eigenvalue weighted by Gasteiger charge is -2.29. The SMILES string of the molecule is O=C1C(/C=C2\Sc3ccccc3N2Cc2ccc(C(=O)O)cc2)=C([O-])C/1=C\c1sc2ccccc2[n+]1Cc1ccc(C(=O)O)cc1. The fraction of sp³-hybridized carbons (Fsp3) is 0.0556. The van der Waals surface area contributed by atoms with Crippen molar-refractivity contribution in [1.82, 2.24) is 0 Å². The van der Waals surface area contributed by atoms with Gasteiger partial charge >= 0.3 is 11.9 Å². The Morgan fingerprint density at radius 2 is 1.43 bits per heavy atom. The van der Waals surface area contributed by atoms with E-state index in [1.54, 1.807) is 60.7 Å². The summed E-state index contributed by atoms with van der Waals surface area (Å²) in [7, 11) is 0. The predicted octanol–water partition coefficient (Wildman–Crippen LogP) is 5.87. The van der Waals surface area contributed by atoms with E-state index in [1.807, 2.05) is 58.0 Å². The van der Waals surface area contributed by atoms with Crippen LogP contribution in [0.1, 0.15) is 36.9 Å². The number of carboxylic acids is 2. The summed E-state index contributed by atoms with van der Waals surface area (Å²) >= 11 is 2.95. The third-order valence-electron chi connectivity index (χ3n) is 7.87. The first-order valence-electron chi connectivity index (χ1n) is 14.3. The van der Waals surface area contributed by atoms with Crippen LogP contribution < -0.4 is 14.6 Å². The van der Waals surface area contributed by atoms with Crippen LogP contribution in [0, 0.1) is 0 Å². The van der Waals surface area contributed by atoms with Gasteiger partial charge in [-0.25, -0.2) is 9.59 Å². The monoisotopic (exact) mass is 644 g/mol. The molecule has 0 bridgehead atoms. The molecule has 0 unspecified atom stereocenters. The van der Waals surface area contributed by atoms with Gasteiger partial charge in [-0.1, -0.05) is 77.4 Å². The van der Waals surface area contributed by atoms with E-state index in [9.17, 15) is 29.7 Å². The number of rotatable bonds is 8. The number of nitrogens with zero attached hydrogens (tertiary/aromatic N) is 2. The Morgan fingerprint density at radius 3 is 2.11 bits per heavy atom. The number of carbonyl (C=O) groups is 3. The van der Waals surface area contributed by atoms with Crippen LogP contribution in [0.2, 0.25) is 0 Å². The zero-order valence-corrected chi connectivity index (χ0v) is 25.7. The van der Waals surface area contributed by atoms with E-state index in [2.05, 4.69) is 0 Å². The zero-order chi connectivity index (χ0) is 31.9. The molecule has 4 aromatic carbocycles. The highest BCUT2D eigenvalue weighted by atomic mass is 32.2. The number of fused-ring (bicyclic) bond motifs is 2. The van der Waals surface area contributed by atoms with E-state index in [-0.39, 0.29) is 33.8 Å². The number of aromatic nitrogens is 1. The van der Waals surface area contributed by atoms with Crippen molar-refractivity contribution < 1.29 is 34.3 Å². The molecule has 46 heavy (non-hydrogen) atoms. The maximum absolute atomic E-state index is 13.5. The molecule has 0 saturated carbocycles. The molecule has 0 spiro atoms. The third kappa shape index (κ3) is 5.38. The lowest BCUT2D eigenvalue weighted by atomic mass is 9.88. The molecule has 0 radical (unpaired) electrons. The minimum Gasteiger partial charge on any atom is -0.871 e. The van der Waals surface area contributed by atoms with Crippen molar-refractivity contribution in [3.63, 3.8) is 0 Å². The van der Waals surface area contributed by atoms with Crippen LogP contribution in [0.4, 0.5) is 5.69 Å². The van der Waals surface area contributed by atoms with Crippen molar-refractivity contribution in [2.45, 2.75) is 18.0 Å². The third-order valence-corrected chi connectivity index (χ3v) is 10.1. The highest BCUT2D eigenvalue weighted by molar-refractivity contribution is 8.03. The molecule has 0 atom stereocenters. The highest BCUT2D eigenvalue weighted by Gasteiger charge is 2.32. The van der Waals surface area contributed by atoms with Crippen LogP contribution in [0.15, 0.2) is 130 Å². The number of carbonyl (C=O) groups excluding carboxylic acids is 1. The maximum atomic E-state index is 13.5. The van der Waals surface area contributed by atoms with E-state index in [4.69, 9.17) is 0 Å². The van der Waals surface area contributed by atoms with Gasteiger partial charge in [0.15, 0.2) is 12.3 Å². The van der Waals surface area contributed by atoms with Crippen molar-refractivity contribution in [1.29, 1.82) is 0 Å². The van der Waals surface area contributed by atoms with Gasteiger partial charge in [0.2, 0.25) is 5.52 Å². The highest BCUT2D eigenvalue weighted by Crippen LogP contribution is 2.48. The number of ketones is 1. The molecule has 1 aliphatic heterocycles. The summed E-state index contributed by atoms with van der Waals surface area (Å²) in [5, 5.41) is 33.5. The summed E-state index contributed by atoms with van der Waals surface area (Å²) in [6, 6.07) is 29.0. The van der Waals surface area contributed by atoms with Crippen LogP contribution >= 0.6 is 23.1 Å². The van der Waals surface area contributed by atoms with E-state index < -0.39 is 11.9 Å². The quantitative estimate of drug-likeness (QED) is 0.159. The largest absolute Gasteiger partial charge is 0.871 e. The number of thioether (sulfide) groups is 1. The Kier molecular flexibility index (Phi) is 7.51. The van der Waals surface area contributed by atoms with E-state index in [0.29, 0.717) is 13.1 Å². The molecule has 1 aliphatic carbocycles. The second-order valence-electron chi connectivity index (χ2n) is 10.8. The van der Waals surface area contributed by atoms with Crippen LogP contribution in [0.25, 0.3) is 16.3 Å². The fourth-order valence-corrected chi connectivity index (χ4v) is 7.67. The molecule has 10 heteroatoms. The van der Waals surface area contributed by atoms with Crippen LogP contribution in [-0.2, 0) is 17.9 Å². The molecule has 2 aliphatic rings. The maximum Gasteiger partial charge on any atom is 0.335 e. The number of carboxylic acid groups (broad SMARTS) is 2. The van der Waals surface area contributed by atoms with Crippen molar-refractivity contribution in [2.24, 2.45) is 0 Å². The summed E-state index contributed by atoms with van der Waals surface area (Å²) in [6.07, 6.45) is 3.31. The molecule has 0 saturated heterocycles. The molecule has 2 N–H and O–H groups in total. The molecule has 226 valence electrons. The van der Waals surface area contributed by atoms with Gasteiger partial charge in [-0.2, -0.15) is 4.57 Å². The number of allylic oxidation sites excluding steroid dienone is 3. The second kappa shape index (κ2) is 11.8. The first-order chi connectivity index (χ1) is 22.3. The fourth-order valence-electron chi connectivity index (χ4n) is 5.46. The molecule has 7 rings (SSSR count). The van der Waals surface area contributed by atoms with Gasteiger partial charge in [0.1, 0.15) is 4.70 Å². The Bertz CT molecular complexity index is 2160. The van der Waals surface area contributed by atoms with Crippen LogP contribution in [0.3, 0.4) is 0 Å². The minimum absolute atomic E-state index is 0.115. The summed E-state index contributed by atoms with van der Waals surface area (Å²) in [6.45, 7) is 0.868. The van der Waals surface area contributed by atoms with Gasteiger partial charge in [-0.3, -0.25) is 4.79 Å². The van der Waals surface area contributed by atoms with Gasteiger partial charge in [-0.15, -0.1) is 0 Å². The Hall–Kier alpha value is -5.45. The molecule has 0 amide bonds. The van der Waals surface area contributed by atoms with E-state index >= 15 is 0 Å². The van der Waals surface area contributed by atoms with Crippen molar-refractivity contribution >= 4 is 62.8 Å². The van der Waals surface area contributed by atoms with Gasteiger partial charge in [0.25, 0.3) is 5.01 Å². The number of hydrogen-bond acceptors (Lipinski definition) is 7. The van der Waals surface area contributed by atoms with Crippen molar-refractivity contribution in [2.75, 3.05) is 4.90 Å². The van der Waals surface area contributed by atoms with Crippen molar-refractivity contribution in [3.8, 4) is 0 Å². The number of aromatic carboxylic acids is 2. The molecule has 2 heterocycles. The standard InChI is InChI=1S/C36H24N2O6S2/c39-33-25(17-31-37(27-5-1-3-7-29(27)45-31)19-21-9-13-23(14-10-21)35(41)42)34(40)26(33)18-32-38(28-6-2-4-8-30(28)46-32)20-22-11-15-24(16-12-22)36(43)44/h1-18H,19-20H2,(H2-,39,40,41,42,43,44).